The molecule has 210 valence electrons. The Kier molecular flexibility index (Phi) is 6.61. The average molecular weight is 535 g/mol. The standard InChI is InChI=1S/C28H38O10/c1-13-23(33)28-21(37-16(4)31)11-19-25(6,7)10-9-20(36-15(3)30)26(19,8)22(28)18(35-14(2)29)12-27(13,34)24(28)38-17(5)32/h18-22,24,34H,1,9-12H2,2-8H3/t18-,19+,20-,21-,22+,24+,26+,27-,28-/m1/s1. The zero-order valence-corrected chi connectivity index (χ0v) is 23.1. The first-order valence-corrected chi connectivity index (χ1v) is 13.1. The number of aliphatic hydroxyl groups is 1. The zero-order chi connectivity index (χ0) is 28.6. The second-order valence-electron chi connectivity index (χ2n) is 12.4. The van der Waals surface area contributed by atoms with E-state index in [0.717, 1.165) is 0 Å². The number of hydrogen-bond acceptors (Lipinski definition) is 10. The summed E-state index contributed by atoms with van der Waals surface area (Å²) in [5, 5.41) is 11.9. The van der Waals surface area contributed by atoms with Crippen LogP contribution in [0, 0.1) is 28.1 Å². The van der Waals surface area contributed by atoms with Crippen molar-refractivity contribution in [3.05, 3.63) is 12.2 Å². The number of hydrogen-bond donors (Lipinski definition) is 1. The molecule has 4 aliphatic carbocycles. The third-order valence-electron chi connectivity index (χ3n) is 9.77. The van der Waals surface area contributed by atoms with Crippen molar-refractivity contribution in [2.45, 2.75) is 104 Å². The van der Waals surface area contributed by atoms with Crippen LogP contribution < -0.4 is 0 Å². The van der Waals surface area contributed by atoms with Crippen molar-refractivity contribution in [2.75, 3.05) is 0 Å². The number of ether oxygens (including phenoxy) is 4. The van der Waals surface area contributed by atoms with E-state index in [1.807, 2.05) is 6.92 Å². The number of carbonyl (C=O) groups is 5. The summed E-state index contributed by atoms with van der Waals surface area (Å²) >= 11 is 0. The molecule has 0 radical (unpaired) electrons. The van der Waals surface area contributed by atoms with Crippen LogP contribution in [0.2, 0.25) is 0 Å². The predicted octanol–water partition coefficient (Wildman–Crippen LogP) is 2.44. The molecule has 0 aromatic carbocycles. The molecule has 0 heterocycles. The van der Waals surface area contributed by atoms with Gasteiger partial charge in [0.05, 0.1) is 0 Å². The van der Waals surface area contributed by atoms with Gasteiger partial charge in [-0.25, -0.2) is 0 Å². The van der Waals surface area contributed by atoms with Crippen LogP contribution in [0.5, 0.6) is 0 Å². The van der Waals surface area contributed by atoms with E-state index in [9.17, 15) is 29.1 Å². The first-order valence-electron chi connectivity index (χ1n) is 13.1. The van der Waals surface area contributed by atoms with Crippen LogP contribution in [0.15, 0.2) is 12.2 Å². The average Bonchev–Trinajstić information content (AvgIpc) is 2.85. The minimum atomic E-state index is -2.05. The Balaban J connectivity index is 2.09. The highest BCUT2D eigenvalue weighted by molar-refractivity contribution is 6.07. The van der Waals surface area contributed by atoms with E-state index >= 15 is 0 Å². The number of carbonyl (C=O) groups excluding carboxylic acids is 5. The van der Waals surface area contributed by atoms with Crippen LogP contribution in [0.25, 0.3) is 0 Å². The quantitative estimate of drug-likeness (QED) is 0.325. The summed E-state index contributed by atoms with van der Waals surface area (Å²) in [6, 6.07) is 0. The summed E-state index contributed by atoms with van der Waals surface area (Å²) in [5.41, 5.74) is -5.41. The maximum absolute atomic E-state index is 14.4. The fourth-order valence-electron chi connectivity index (χ4n) is 8.70. The first kappa shape index (κ1) is 28.3. The number of rotatable bonds is 4. The van der Waals surface area contributed by atoms with Crippen molar-refractivity contribution < 1.29 is 48.0 Å². The van der Waals surface area contributed by atoms with Crippen molar-refractivity contribution in [2.24, 2.45) is 28.1 Å². The van der Waals surface area contributed by atoms with Crippen molar-refractivity contribution in [1.29, 1.82) is 0 Å². The number of fused-ring (bicyclic) bond motifs is 3. The molecule has 1 N–H and O–H groups in total. The molecule has 0 aliphatic heterocycles. The third-order valence-corrected chi connectivity index (χ3v) is 9.77. The molecule has 10 nitrogen and oxygen atoms in total. The molecule has 0 aromatic heterocycles. The van der Waals surface area contributed by atoms with Gasteiger partial charge in [0.15, 0.2) is 11.9 Å². The van der Waals surface area contributed by atoms with Crippen molar-refractivity contribution in [3.8, 4) is 0 Å². The Morgan fingerprint density at radius 2 is 1.39 bits per heavy atom. The summed E-state index contributed by atoms with van der Waals surface area (Å²) in [6.45, 7) is 14.9. The van der Waals surface area contributed by atoms with Crippen LogP contribution in [0.3, 0.4) is 0 Å². The van der Waals surface area contributed by atoms with Gasteiger partial charge in [-0.15, -0.1) is 0 Å². The Morgan fingerprint density at radius 3 is 1.92 bits per heavy atom. The van der Waals surface area contributed by atoms with Crippen LogP contribution in [0.1, 0.15) is 74.1 Å². The highest BCUT2D eigenvalue weighted by Crippen LogP contribution is 2.73. The van der Waals surface area contributed by atoms with Gasteiger partial charge in [0, 0.05) is 51.0 Å². The molecular formula is C28H38O10. The van der Waals surface area contributed by atoms with Gasteiger partial charge in [-0.3, -0.25) is 24.0 Å². The Morgan fingerprint density at radius 1 is 0.868 bits per heavy atom. The highest BCUT2D eigenvalue weighted by Gasteiger charge is 2.84. The topological polar surface area (TPSA) is 143 Å². The lowest BCUT2D eigenvalue weighted by Gasteiger charge is -2.68. The maximum Gasteiger partial charge on any atom is 0.303 e. The van der Waals surface area contributed by atoms with Gasteiger partial charge >= 0.3 is 23.9 Å². The van der Waals surface area contributed by atoms with Gasteiger partial charge in [0.1, 0.15) is 29.3 Å². The monoisotopic (exact) mass is 534 g/mol. The third kappa shape index (κ3) is 3.73. The summed E-state index contributed by atoms with van der Waals surface area (Å²) in [5.74, 6) is -4.34. The fourth-order valence-corrected chi connectivity index (χ4v) is 8.70. The number of esters is 4. The molecule has 0 amide bonds. The fraction of sp³-hybridized carbons (Fsp3) is 0.750. The van der Waals surface area contributed by atoms with E-state index in [4.69, 9.17) is 18.9 Å². The molecular weight excluding hydrogens is 496 g/mol. The normalized spacial score (nSPS) is 42.8. The summed E-state index contributed by atoms with van der Waals surface area (Å²) in [6.07, 6.45) is -3.22. The second kappa shape index (κ2) is 8.89. The number of Topliss-reactive ketones (excluding diaryl/α,β-unsaturated/α-hetero) is 1. The zero-order valence-electron chi connectivity index (χ0n) is 23.1. The van der Waals surface area contributed by atoms with E-state index in [-0.39, 0.29) is 29.7 Å². The molecule has 4 saturated carbocycles. The highest BCUT2D eigenvalue weighted by atomic mass is 16.6. The molecule has 2 bridgehead atoms. The van der Waals surface area contributed by atoms with Crippen molar-refractivity contribution >= 4 is 29.7 Å². The van der Waals surface area contributed by atoms with Crippen LogP contribution in [-0.2, 0) is 42.9 Å². The lowest BCUT2D eigenvalue weighted by molar-refractivity contribution is -0.298. The van der Waals surface area contributed by atoms with E-state index in [0.29, 0.717) is 12.8 Å². The molecule has 10 heteroatoms. The molecule has 4 fully saturated rings. The van der Waals surface area contributed by atoms with E-state index < -0.39 is 76.4 Å². The number of ketones is 1. The van der Waals surface area contributed by atoms with Gasteiger partial charge in [-0.05, 0) is 30.6 Å². The van der Waals surface area contributed by atoms with Crippen LogP contribution in [-0.4, -0.2) is 64.8 Å². The summed E-state index contributed by atoms with van der Waals surface area (Å²) in [7, 11) is 0. The van der Waals surface area contributed by atoms with Crippen LogP contribution in [0.4, 0.5) is 0 Å². The van der Waals surface area contributed by atoms with Crippen molar-refractivity contribution in [3.63, 3.8) is 0 Å². The van der Waals surface area contributed by atoms with Gasteiger partial charge in [-0.1, -0.05) is 27.4 Å². The molecule has 38 heavy (non-hydrogen) atoms. The summed E-state index contributed by atoms with van der Waals surface area (Å²) < 4.78 is 23.3. The molecule has 0 saturated heterocycles. The smallest absolute Gasteiger partial charge is 0.303 e. The minimum absolute atomic E-state index is 0.178. The largest absolute Gasteiger partial charge is 0.462 e. The molecule has 1 spiro atoms. The van der Waals surface area contributed by atoms with Gasteiger partial charge in [0.2, 0.25) is 0 Å². The van der Waals surface area contributed by atoms with Gasteiger partial charge in [0.25, 0.3) is 0 Å². The molecule has 0 aromatic rings. The second-order valence-corrected chi connectivity index (χ2v) is 12.4. The molecule has 0 unspecified atom stereocenters. The van der Waals surface area contributed by atoms with E-state index in [2.05, 4.69) is 20.4 Å². The minimum Gasteiger partial charge on any atom is -0.462 e. The molecule has 9 atom stereocenters. The lowest BCUT2D eigenvalue weighted by Crippen LogP contribution is -2.76. The Bertz CT molecular complexity index is 1110. The Hall–Kier alpha value is -2.75. The lowest BCUT2D eigenvalue weighted by atomic mass is 9.38. The first-order chi connectivity index (χ1) is 17.4. The maximum atomic E-state index is 14.4. The SMILES string of the molecule is C=C1C(=O)[C@]23[C@@H](OC(C)=O)[C@@]1(O)C[C@@H](OC(C)=O)[C@H]2[C@]1(C)[C@H](OC(C)=O)CCC(C)(C)[C@@H]1C[C@H]3OC(C)=O. The van der Waals surface area contributed by atoms with Crippen LogP contribution >= 0.6 is 0 Å². The van der Waals surface area contributed by atoms with Gasteiger partial charge < -0.3 is 24.1 Å². The predicted molar refractivity (Wildman–Crippen MR) is 131 cm³/mol. The molecule has 4 aliphatic rings. The van der Waals surface area contributed by atoms with Gasteiger partial charge in [-0.2, -0.15) is 0 Å². The van der Waals surface area contributed by atoms with Crippen molar-refractivity contribution in [1.82, 2.24) is 0 Å². The van der Waals surface area contributed by atoms with E-state index in [1.165, 1.54) is 27.7 Å². The molecule has 4 rings (SSSR count). The Labute approximate surface area is 222 Å². The summed E-state index contributed by atoms with van der Waals surface area (Å²) in [4.78, 5) is 63.9. The van der Waals surface area contributed by atoms with E-state index in [1.54, 1.807) is 0 Å².